The first-order valence-corrected chi connectivity index (χ1v) is 21.3. The van der Waals surface area contributed by atoms with Gasteiger partial charge >= 0.3 is 12.1 Å². The molecule has 3 aliphatic rings. The van der Waals surface area contributed by atoms with E-state index in [4.69, 9.17) is 4.74 Å². The van der Waals surface area contributed by atoms with E-state index in [2.05, 4.69) is 54.0 Å². The fourth-order valence-electron chi connectivity index (χ4n) is 6.24. The van der Waals surface area contributed by atoms with Gasteiger partial charge in [0.25, 0.3) is 0 Å². The molecule has 242 valence electrons. The molecule has 0 fully saturated rings. The van der Waals surface area contributed by atoms with Crippen LogP contribution < -0.4 is 9.70 Å². The molecular weight excluding hydrogens is 609 g/mol. The molecule has 2 atom stereocenters. The highest BCUT2D eigenvalue weighted by Gasteiger charge is 2.40. The molecule has 0 spiro atoms. The minimum absolute atomic E-state index is 0.0178. The van der Waals surface area contributed by atoms with Crippen LogP contribution in [0.1, 0.15) is 93.5 Å². The molecule has 0 radical (unpaired) electrons. The number of carbonyl (C=O) groups excluding carboxylic acids is 2. The molecule has 1 aromatic carbocycles. The Morgan fingerprint density at radius 1 is 0.977 bits per heavy atom. The predicted octanol–water partition coefficient (Wildman–Crippen LogP) is 8.02. The first-order chi connectivity index (χ1) is 20.4. The number of urea groups is 1. The fourth-order valence-corrected chi connectivity index (χ4v) is 13.7. The van der Waals surface area contributed by atoms with Crippen LogP contribution in [-0.2, 0) is 53.2 Å². The van der Waals surface area contributed by atoms with Crippen molar-refractivity contribution in [2.24, 2.45) is 4.36 Å². The van der Waals surface area contributed by atoms with Gasteiger partial charge in [0.2, 0.25) is 0 Å². The molecule has 0 bridgehead atoms. The Balaban J connectivity index is 1.48. The second kappa shape index (κ2) is 11.9. The minimum atomic E-state index is -3.29. The van der Waals surface area contributed by atoms with Gasteiger partial charge in [0.05, 0.1) is 0 Å². The molecule has 3 amide bonds. The summed E-state index contributed by atoms with van der Waals surface area (Å²) >= 11 is 1.46. The summed E-state index contributed by atoms with van der Waals surface area (Å²) in [6.07, 6.45) is 8.02. The van der Waals surface area contributed by atoms with Crippen LogP contribution in [0, 0.1) is 0 Å². The van der Waals surface area contributed by atoms with Gasteiger partial charge in [0.1, 0.15) is 28.0 Å². The zero-order chi connectivity index (χ0) is 32.2. The van der Waals surface area contributed by atoms with Crippen molar-refractivity contribution in [3.05, 3.63) is 44.8 Å². The van der Waals surface area contributed by atoms with Crippen molar-refractivity contribution >= 4 is 47.3 Å². The highest BCUT2D eigenvalue weighted by molar-refractivity contribution is 7.95. The van der Waals surface area contributed by atoms with E-state index in [1.807, 2.05) is 26.8 Å². The van der Waals surface area contributed by atoms with Gasteiger partial charge in [-0.1, -0.05) is 39.9 Å². The van der Waals surface area contributed by atoms with E-state index in [1.54, 1.807) is 11.9 Å². The number of carbonyl (C=O) groups is 2. The Morgan fingerprint density at radius 3 is 2.16 bits per heavy atom. The van der Waals surface area contributed by atoms with Crippen molar-refractivity contribution in [2.45, 2.75) is 133 Å². The molecule has 1 heterocycles. The SMILES string of the molecule is CN(C(=O)OC(C)(C)C)C1CCc2cc(S(=O)(=NC(=O)Nc3c4c(cc5c3CCC5)CCC4)N[Si](C)(C)C(C)(C)C)sc2C1. The Hall–Kier alpha value is -2.21. The maximum atomic E-state index is 15.0. The lowest BCUT2D eigenvalue weighted by Crippen LogP contribution is -2.54. The molecule has 8 nitrogen and oxygen atoms in total. The molecule has 2 aromatic rings. The summed E-state index contributed by atoms with van der Waals surface area (Å²) in [7, 11) is -3.86. The number of aryl methyl sites for hydroxylation is 3. The van der Waals surface area contributed by atoms with E-state index in [-0.39, 0.29) is 17.2 Å². The van der Waals surface area contributed by atoms with Crippen molar-refractivity contribution in [3.8, 4) is 0 Å². The number of likely N-dealkylation sites (N-methyl/N-ethyl adjacent to an activating group) is 1. The van der Waals surface area contributed by atoms with Gasteiger partial charge in [-0.25, -0.2) is 18.2 Å². The Bertz CT molecular complexity index is 1560. The second-order valence-electron chi connectivity index (χ2n) is 15.3. The number of benzene rings is 1. The van der Waals surface area contributed by atoms with E-state index >= 15 is 4.21 Å². The van der Waals surface area contributed by atoms with Gasteiger partial charge in [0, 0.05) is 30.1 Å². The number of nitrogens with zero attached hydrogens (tertiary/aromatic N) is 2. The quantitative estimate of drug-likeness (QED) is 0.318. The lowest BCUT2D eigenvalue weighted by atomic mass is 9.94. The van der Waals surface area contributed by atoms with Crippen LogP contribution in [0.2, 0.25) is 18.1 Å². The number of nitrogens with one attached hydrogen (secondary N) is 2. The van der Waals surface area contributed by atoms with Crippen LogP contribution in [0.3, 0.4) is 0 Å². The summed E-state index contributed by atoms with van der Waals surface area (Å²) in [5.41, 5.74) is 6.58. The number of fused-ring (bicyclic) bond motifs is 3. The summed E-state index contributed by atoms with van der Waals surface area (Å²) in [4.78, 5) is 29.3. The lowest BCUT2D eigenvalue weighted by molar-refractivity contribution is 0.0211. The van der Waals surface area contributed by atoms with Gasteiger partial charge < -0.3 is 15.0 Å². The summed E-state index contributed by atoms with van der Waals surface area (Å²) in [6, 6.07) is 3.75. The molecule has 2 N–H and O–H groups in total. The van der Waals surface area contributed by atoms with E-state index < -0.39 is 29.8 Å². The van der Waals surface area contributed by atoms with Gasteiger partial charge in [-0.3, -0.25) is 0 Å². The summed E-state index contributed by atoms with van der Waals surface area (Å²) in [5.74, 6) is 0. The zero-order valence-corrected chi connectivity index (χ0v) is 30.6. The maximum absolute atomic E-state index is 15.0. The predicted molar refractivity (Wildman–Crippen MR) is 183 cm³/mol. The molecule has 0 saturated carbocycles. The average molecular weight is 659 g/mol. The van der Waals surface area contributed by atoms with Crippen molar-refractivity contribution in [3.63, 3.8) is 0 Å². The third-order valence-electron chi connectivity index (χ3n) is 9.73. The normalized spacial score (nSPS) is 19.4. The molecule has 11 heteroatoms. The van der Waals surface area contributed by atoms with Gasteiger partial charge in [-0.2, -0.15) is 0 Å². The van der Waals surface area contributed by atoms with E-state index in [0.29, 0.717) is 10.6 Å². The van der Waals surface area contributed by atoms with Crippen LogP contribution in [0.15, 0.2) is 20.7 Å². The molecule has 2 unspecified atom stereocenters. The summed E-state index contributed by atoms with van der Waals surface area (Å²) in [6.45, 7) is 16.4. The molecule has 0 saturated heterocycles. The Morgan fingerprint density at radius 2 is 1.59 bits per heavy atom. The number of amides is 3. The Labute approximate surface area is 269 Å². The van der Waals surface area contributed by atoms with Gasteiger partial charge in [0.15, 0.2) is 0 Å². The van der Waals surface area contributed by atoms with Crippen LogP contribution in [0.4, 0.5) is 15.3 Å². The van der Waals surface area contributed by atoms with Gasteiger partial charge in [-0.05, 0) is 111 Å². The van der Waals surface area contributed by atoms with E-state index in [1.165, 1.54) is 33.6 Å². The third-order valence-corrected chi connectivity index (χ3v) is 19.6. The summed E-state index contributed by atoms with van der Waals surface area (Å²) in [5, 5.41) is 3.02. The topological polar surface area (TPSA) is 100 Å². The van der Waals surface area contributed by atoms with Crippen molar-refractivity contribution in [1.29, 1.82) is 0 Å². The van der Waals surface area contributed by atoms with Crippen molar-refractivity contribution in [1.82, 2.24) is 9.29 Å². The Kier molecular flexibility index (Phi) is 8.94. The number of thiophene rings is 1. The second-order valence-corrected chi connectivity index (χ2v) is 23.9. The van der Waals surface area contributed by atoms with Crippen molar-refractivity contribution in [2.75, 3.05) is 12.4 Å². The number of anilines is 1. The zero-order valence-electron chi connectivity index (χ0n) is 27.9. The van der Waals surface area contributed by atoms with E-state index in [0.717, 1.165) is 67.5 Å². The third kappa shape index (κ3) is 6.80. The highest BCUT2D eigenvalue weighted by Crippen LogP contribution is 2.40. The van der Waals surface area contributed by atoms with Crippen LogP contribution in [-0.4, -0.2) is 48.2 Å². The lowest BCUT2D eigenvalue weighted by Gasteiger charge is -2.37. The van der Waals surface area contributed by atoms with E-state index in [9.17, 15) is 9.59 Å². The number of hydrogen-bond donors (Lipinski definition) is 2. The standard InChI is InChI=1S/C33H50N4O4S2Si/c1-32(2,3)41-31(39)37(7)24-17-16-23-19-28(42-27(23)20-24)43(40,36-44(8,9)33(4,5)6)35-30(38)34-29-25-14-10-12-21(25)18-22-13-11-15-26(22)29/h18-19,24H,10-17,20H2,1-9H3,(H2,34,35,36,38,40). The highest BCUT2D eigenvalue weighted by atomic mass is 32.2. The number of ether oxygens (including phenoxy) is 1. The molecule has 44 heavy (non-hydrogen) atoms. The first kappa shape index (κ1) is 33.2. The summed E-state index contributed by atoms with van der Waals surface area (Å²) < 4.78 is 29.3. The maximum Gasteiger partial charge on any atom is 0.410 e. The fraction of sp³-hybridized carbons (Fsp3) is 0.636. The van der Waals surface area contributed by atoms with Crippen LogP contribution in [0.5, 0.6) is 0 Å². The first-order valence-electron chi connectivity index (χ1n) is 16.0. The van der Waals surface area contributed by atoms with Crippen molar-refractivity contribution < 1.29 is 18.5 Å². The van der Waals surface area contributed by atoms with Gasteiger partial charge in [-0.15, -0.1) is 15.7 Å². The minimum Gasteiger partial charge on any atom is -0.444 e. The number of hydrogen-bond acceptors (Lipinski definition) is 5. The smallest absolute Gasteiger partial charge is 0.410 e. The van der Waals surface area contributed by atoms with Crippen LogP contribution in [0.25, 0.3) is 0 Å². The average Bonchev–Trinajstić information content (AvgIpc) is 3.65. The molecule has 3 aliphatic carbocycles. The number of rotatable bonds is 5. The van der Waals surface area contributed by atoms with Crippen LogP contribution >= 0.6 is 11.3 Å². The molecule has 5 rings (SSSR count). The molecular formula is C33H50N4O4S2Si. The molecule has 1 aromatic heterocycles. The molecule has 0 aliphatic heterocycles. The monoisotopic (exact) mass is 658 g/mol. The largest absolute Gasteiger partial charge is 0.444 e.